The Labute approximate surface area is 128 Å². The van der Waals surface area contributed by atoms with Crippen molar-refractivity contribution in [2.45, 2.75) is 19.5 Å². The molecule has 0 fully saturated rings. The predicted molar refractivity (Wildman–Crippen MR) is 82.1 cm³/mol. The second-order valence-electron chi connectivity index (χ2n) is 5.22. The zero-order valence-corrected chi connectivity index (χ0v) is 13.0. The topological polar surface area (TPSA) is 47.1 Å². The molecule has 6 heteroatoms. The first kappa shape index (κ1) is 14.1. The van der Waals surface area contributed by atoms with E-state index in [2.05, 4.69) is 22.1 Å². The van der Waals surface area contributed by atoms with Crippen molar-refractivity contribution in [1.29, 1.82) is 0 Å². The number of fused-ring (bicyclic) bond motifs is 1. The number of rotatable bonds is 4. The van der Waals surface area contributed by atoms with E-state index >= 15 is 0 Å². The summed E-state index contributed by atoms with van der Waals surface area (Å²) >= 11 is 6.34. The molecule has 0 aliphatic heterocycles. The van der Waals surface area contributed by atoms with Gasteiger partial charge in [0, 0.05) is 25.0 Å². The highest BCUT2D eigenvalue weighted by Gasteiger charge is 2.18. The maximum Gasteiger partial charge on any atom is 0.124 e. The van der Waals surface area contributed by atoms with E-state index in [0.29, 0.717) is 6.54 Å². The number of nitrogens with zero attached hydrogens (tertiary/aromatic N) is 4. The first-order valence-electron chi connectivity index (χ1n) is 6.78. The summed E-state index contributed by atoms with van der Waals surface area (Å²) in [5.41, 5.74) is 2.92. The van der Waals surface area contributed by atoms with E-state index in [1.54, 1.807) is 6.26 Å². The Hall–Kier alpha value is -1.85. The molecule has 21 heavy (non-hydrogen) atoms. The van der Waals surface area contributed by atoms with Gasteiger partial charge in [0.2, 0.25) is 0 Å². The van der Waals surface area contributed by atoms with E-state index in [4.69, 9.17) is 16.1 Å². The summed E-state index contributed by atoms with van der Waals surface area (Å²) in [5, 5.41) is 10.3. The Bertz CT molecular complexity index is 750. The molecule has 3 rings (SSSR count). The summed E-state index contributed by atoms with van der Waals surface area (Å²) in [4.78, 5) is 2.17. The molecule has 0 amide bonds. The van der Waals surface area contributed by atoms with Crippen LogP contribution in [-0.2, 0) is 13.6 Å². The van der Waals surface area contributed by atoms with Crippen LogP contribution in [0.3, 0.4) is 0 Å². The number of aromatic nitrogens is 3. The van der Waals surface area contributed by atoms with Crippen molar-refractivity contribution in [1.82, 2.24) is 19.8 Å². The van der Waals surface area contributed by atoms with Crippen LogP contribution in [0.15, 0.2) is 35.1 Å². The third-order valence-corrected chi connectivity index (χ3v) is 4.16. The summed E-state index contributed by atoms with van der Waals surface area (Å²) in [6.45, 7) is 2.78. The normalized spacial score (nSPS) is 13.2. The Morgan fingerprint density at radius 3 is 2.90 bits per heavy atom. The molecule has 0 N–H and O–H groups in total. The van der Waals surface area contributed by atoms with Crippen molar-refractivity contribution in [2.24, 2.45) is 7.05 Å². The number of aryl methyl sites for hydroxylation is 1. The molecule has 0 radical (unpaired) electrons. The van der Waals surface area contributed by atoms with E-state index in [0.717, 1.165) is 27.3 Å². The molecule has 3 aromatic rings. The summed E-state index contributed by atoms with van der Waals surface area (Å²) < 4.78 is 6.78. The summed E-state index contributed by atoms with van der Waals surface area (Å²) in [6, 6.07) is 7.89. The van der Waals surface area contributed by atoms with Gasteiger partial charge in [0.25, 0.3) is 0 Å². The second kappa shape index (κ2) is 5.50. The fraction of sp³-hybridized carbons (Fsp3) is 0.333. The standard InChI is InChI=1S/C15H17ClN4O/c1-10(12-7-8-21-18-12)19(2)9-13-15-11(16)5-4-6-14(15)20(3)17-13/h4-8,10H,9H2,1-3H3/t10-/m0/s1. The molecule has 0 aliphatic carbocycles. The Morgan fingerprint density at radius 1 is 1.38 bits per heavy atom. The molecule has 0 saturated heterocycles. The number of hydrogen-bond acceptors (Lipinski definition) is 4. The highest BCUT2D eigenvalue weighted by atomic mass is 35.5. The van der Waals surface area contributed by atoms with E-state index in [9.17, 15) is 0 Å². The minimum atomic E-state index is 0.142. The van der Waals surface area contributed by atoms with Gasteiger partial charge in [-0.3, -0.25) is 9.58 Å². The van der Waals surface area contributed by atoms with Gasteiger partial charge in [-0.1, -0.05) is 22.8 Å². The third kappa shape index (κ3) is 2.54. The molecule has 0 bridgehead atoms. The molecule has 1 aromatic carbocycles. The summed E-state index contributed by atoms with van der Waals surface area (Å²) in [6.07, 6.45) is 1.59. The lowest BCUT2D eigenvalue weighted by atomic mass is 10.1. The Balaban J connectivity index is 1.91. The van der Waals surface area contributed by atoms with Crippen molar-refractivity contribution in [3.63, 3.8) is 0 Å². The first-order chi connectivity index (χ1) is 10.1. The fourth-order valence-corrected chi connectivity index (χ4v) is 2.78. The molecule has 0 saturated carbocycles. The largest absolute Gasteiger partial charge is 0.364 e. The van der Waals surface area contributed by atoms with E-state index in [-0.39, 0.29) is 6.04 Å². The smallest absolute Gasteiger partial charge is 0.124 e. The van der Waals surface area contributed by atoms with E-state index in [1.807, 2.05) is 43.0 Å². The van der Waals surface area contributed by atoms with Crippen LogP contribution in [0.1, 0.15) is 24.4 Å². The Kier molecular flexibility index (Phi) is 3.69. The van der Waals surface area contributed by atoms with Gasteiger partial charge in [-0.2, -0.15) is 5.10 Å². The zero-order valence-electron chi connectivity index (χ0n) is 12.2. The predicted octanol–water partition coefficient (Wildman–Crippen LogP) is 3.41. The lowest BCUT2D eigenvalue weighted by Crippen LogP contribution is -2.22. The lowest BCUT2D eigenvalue weighted by Gasteiger charge is -2.21. The van der Waals surface area contributed by atoms with Crippen LogP contribution in [-0.4, -0.2) is 26.9 Å². The van der Waals surface area contributed by atoms with Crippen LogP contribution in [0.5, 0.6) is 0 Å². The average Bonchev–Trinajstić information content (AvgIpc) is 3.08. The first-order valence-corrected chi connectivity index (χ1v) is 7.16. The van der Waals surface area contributed by atoms with Crippen LogP contribution in [0.2, 0.25) is 5.02 Å². The molecule has 2 aromatic heterocycles. The van der Waals surface area contributed by atoms with Crippen LogP contribution < -0.4 is 0 Å². The molecule has 0 unspecified atom stereocenters. The van der Waals surface area contributed by atoms with Gasteiger partial charge in [0.05, 0.1) is 22.3 Å². The van der Waals surface area contributed by atoms with Crippen molar-refractivity contribution < 1.29 is 4.52 Å². The molecule has 0 spiro atoms. The van der Waals surface area contributed by atoms with Crippen molar-refractivity contribution in [2.75, 3.05) is 7.05 Å². The highest BCUT2D eigenvalue weighted by Crippen LogP contribution is 2.28. The number of halogens is 1. The molecule has 110 valence electrons. The summed E-state index contributed by atoms with van der Waals surface area (Å²) in [7, 11) is 3.97. The van der Waals surface area contributed by atoms with Gasteiger partial charge in [-0.25, -0.2) is 0 Å². The molecule has 0 aliphatic rings. The van der Waals surface area contributed by atoms with Crippen molar-refractivity contribution >= 4 is 22.5 Å². The van der Waals surface area contributed by atoms with Gasteiger partial charge < -0.3 is 4.52 Å². The van der Waals surface area contributed by atoms with Crippen molar-refractivity contribution in [3.8, 4) is 0 Å². The third-order valence-electron chi connectivity index (χ3n) is 3.85. The maximum atomic E-state index is 6.34. The highest BCUT2D eigenvalue weighted by molar-refractivity contribution is 6.35. The van der Waals surface area contributed by atoms with Crippen molar-refractivity contribution in [3.05, 3.63) is 46.9 Å². The van der Waals surface area contributed by atoms with Gasteiger partial charge in [-0.05, 0) is 26.1 Å². The van der Waals surface area contributed by atoms with Crippen LogP contribution in [0.25, 0.3) is 10.9 Å². The zero-order chi connectivity index (χ0) is 15.0. The van der Waals surface area contributed by atoms with E-state index in [1.165, 1.54) is 0 Å². The number of hydrogen-bond donors (Lipinski definition) is 0. The summed E-state index contributed by atoms with van der Waals surface area (Å²) in [5.74, 6) is 0. The van der Waals surface area contributed by atoms with Gasteiger partial charge in [0.1, 0.15) is 12.0 Å². The lowest BCUT2D eigenvalue weighted by molar-refractivity contribution is 0.238. The molecule has 2 heterocycles. The average molecular weight is 305 g/mol. The van der Waals surface area contributed by atoms with Crippen LogP contribution >= 0.6 is 11.6 Å². The van der Waals surface area contributed by atoms with Crippen LogP contribution in [0.4, 0.5) is 0 Å². The van der Waals surface area contributed by atoms with Gasteiger partial charge >= 0.3 is 0 Å². The SMILES string of the molecule is C[C@@H](c1ccon1)N(C)Cc1nn(C)c2cccc(Cl)c12. The van der Waals surface area contributed by atoms with Gasteiger partial charge in [0.15, 0.2) is 0 Å². The Morgan fingerprint density at radius 2 is 2.19 bits per heavy atom. The second-order valence-corrected chi connectivity index (χ2v) is 5.63. The monoisotopic (exact) mass is 304 g/mol. The van der Waals surface area contributed by atoms with E-state index < -0.39 is 0 Å². The van der Waals surface area contributed by atoms with Gasteiger partial charge in [-0.15, -0.1) is 0 Å². The van der Waals surface area contributed by atoms with Crippen LogP contribution in [0, 0.1) is 0 Å². The molecular formula is C15H17ClN4O. The fourth-order valence-electron chi connectivity index (χ4n) is 2.50. The number of benzene rings is 1. The molecular weight excluding hydrogens is 288 g/mol. The maximum absolute atomic E-state index is 6.34. The molecule has 1 atom stereocenters. The molecule has 5 nitrogen and oxygen atoms in total. The quantitative estimate of drug-likeness (QED) is 0.741. The minimum Gasteiger partial charge on any atom is -0.364 e. The minimum absolute atomic E-state index is 0.142.